The van der Waals surface area contributed by atoms with Crippen LogP contribution >= 0.6 is 11.8 Å². The van der Waals surface area contributed by atoms with Crippen molar-refractivity contribution in [2.75, 3.05) is 23.9 Å². The Morgan fingerprint density at radius 2 is 1.76 bits per heavy atom. The predicted molar refractivity (Wildman–Crippen MR) is 150 cm³/mol. The number of thioether (sulfide) groups is 1. The molecule has 7 nitrogen and oxygen atoms in total. The van der Waals surface area contributed by atoms with Crippen LogP contribution in [-0.4, -0.2) is 53.0 Å². The molecule has 0 saturated carbocycles. The number of ether oxygens (including phenoxy) is 1. The summed E-state index contributed by atoms with van der Waals surface area (Å²) >= 11 is 1.56. The number of aryl methyl sites for hydroxylation is 1. The van der Waals surface area contributed by atoms with Gasteiger partial charge in [0.2, 0.25) is 5.91 Å². The van der Waals surface area contributed by atoms with Crippen LogP contribution in [0.25, 0.3) is 0 Å². The highest BCUT2D eigenvalue weighted by Crippen LogP contribution is 2.26. The maximum atomic E-state index is 13.9. The first-order valence-electron chi connectivity index (χ1n) is 12.2. The van der Waals surface area contributed by atoms with Crippen molar-refractivity contribution in [2.24, 2.45) is 0 Å². The van der Waals surface area contributed by atoms with Gasteiger partial charge in [-0.1, -0.05) is 36.3 Å². The lowest BCUT2D eigenvalue weighted by molar-refractivity contribution is -0.140. The van der Waals surface area contributed by atoms with Gasteiger partial charge in [0.15, 0.2) is 0 Å². The number of carbonyl (C=O) groups is 3. The summed E-state index contributed by atoms with van der Waals surface area (Å²) in [6, 6.07) is 12.6. The van der Waals surface area contributed by atoms with Crippen LogP contribution in [0.5, 0.6) is 0 Å². The van der Waals surface area contributed by atoms with Crippen LogP contribution in [-0.2, 0) is 14.3 Å². The van der Waals surface area contributed by atoms with Gasteiger partial charge < -0.3 is 20.3 Å². The van der Waals surface area contributed by atoms with E-state index in [-0.39, 0.29) is 18.4 Å². The molecule has 3 amide bonds. The summed E-state index contributed by atoms with van der Waals surface area (Å²) in [6.45, 7) is 9.23. The standard InChI is InChI=1S/C29H37N3O4S/c1-8-21-14-16-22(17-15-21)25(26(33)30-23-13-11-10-12-20(23)3)32(9-2)27(34)24(18-19-37-7)31-28(35)36-29(4,5)6/h1,10-17,24-25H,9,18-19H2,2-7H3,(H,30,33)(H,31,35). The molecule has 2 unspecified atom stereocenters. The number of carbonyl (C=O) groups excluding carboxylic acids is 3. The molecule has 0 aromatic heterocycles. The molecule has 198 valence electrons. The van der Waals surface area contributed by atoms with E-state index in [2.05, 4.69) is 16.6 Å². The molecule has 0 fully saturated rings. The topological polar surface area (TPSA) is 87.7 Å². The third kappa shape index (κ3) is 8.87. The fourth-order valence-corrected chi connectivity index (χ4v) is 4.23. The Morgan fingerprint density at radius 3 is 2.30 bits per heavy atom. The first-order valence-corrected chi connectivity index (χ1v) is 13.6. The van der Waals surface area contributed by atoms with Crippen LogP contribution in [0.2, 0.25) is 0 Å². The number of para-hydroxylation sites is 1. The zero-order chi connectivity index (χ0) is 27.6. The summed E-state index contributed by atoms with van der Waals surface area (Å²) in [6.07, 6.45) is 7.15. The van der Waals surface area contributed by atoms with Gasteiger partial charge in [-0.15, -0.1) is 6.42 Å². The van der Waals surface area contributed by atoms with Gasteiger partial charge in [-0.2, -0.15) is 11.8 Å². The van der Waals surface area contributed by atoms with E-state index >= 15 is 0 Å². The number of benzene rings is 2. The lowest BCUT2D eigenvalue weighted by Gasteiger charge is -2.34. The highest BCUT2D eigenvalue weighted by molar-refractivity contribution is 7.98. The van der Waals surface area contributed by atoms with E-state index in [1.54, 1.807) is 63.7 Å². The zero-order valence-corrected chi connectivity index (χ0v) is 23.3. The van der Waals surface area contributed by atoms with Crippen LogP contribution in [0.3, 0.4) is 0 Å². The van der Waals surface area contributed by atoms with E-state index in [9.17, 15) is 14.4 Å². The summed E-state index contributed by atoms with van der Waals surface area (Å²) in [5.41, 5.74) is 2.13. The number of hydrogen-bond acceptors (Lipinski definition) is 5. The van der Waals surface area contributed by atoms with Gasteiger partial charge in [0, 0.05) is 17.8 Å². The highest BCUT2D eigenvalue weighted by Gasteiger charge is 2.35. The van der Waals surface area contributed by atoms with E-state index in [4.69, 9.17) is 11.2 Å². The fraction of sp³-hybridized carbons (Fsp3) is 0.414. The average molecular weight is 524 g/mol. The molecule has 0 radical (unpaired) electrons. The number of terminal acetylenes is 1. The molecule has 0 heterocycles. The van der Waals surface area contributed by atoms with Crippen molar-refractivity contribution in [1.82, 2.24) is 10.2 Å². The van der Waals surface area contributed by atoms with E-state index in [0.29, 0.717) is 29.0 Å². The number of nitrogens with zero attached hydrogens (tertiary/aromatic N) is 1. The number of likely N-dealkylation sites (N-methyl/N-ethyl adjacent to an activating group) is 1. The number of amides is 3. The molecule has 2 atom stereocenters. The van der Waals surface area contributed by atoms with Crippen molar-refractivity contribution in [3.8, 4) is 12.3 Å². The monoisotopic (exact) mass is 523 g/mol. The molecule has 2 aromatic carbocycles. The molecular formula is C29H37N3O4S. The summed E-state index contributed by atoms with van der Waals surface area (Å²) in [7, 11) is 0. The van der Waals surface area contributed by atoms with E-state index in [0.717, 1.165) is 5.56 Å². The van der Waals surface area contributed by atoms with Crippen LogP contribution in [0.4, 0.5) is 10.5 Å². The third-order valence-electron chi connectivity index (χ3n) is 5.58. The van der Waals surface area contributed by atoms with Crippen LogP contribution in [0, 0.1) is 19.3 Å². The number of alkyl carbamates (subject to hydrolysis) is 1. The van der Waals surface area contributed by atoms with Gasteiger partial charge in [-0.25, -0.2) is 4.79 Å². The molecule has 0 aliphatic heterocycles. The molecule has 37 heavy (non-hydrogen) atoms. The minimum Gasteiger partial charge on any atom is -0.444 e. The molecule has 2 aromatic rings. The molecule has 0 bridgehead atoms. The van der Waals surface area contributed by atoms with Crippen molar-refractivity contribution in [2.45, 2.75) is 58.7 Å². The number of anilines is 1. The SMILES string of the molecule is C#Cc1ccc(C(C(=O)Nc2ccccc2C)N(CC)C(=O)C(CCSC)NC(=O)OC(C)(C)C)cc1. The molecule has 2 rings (SSSR count). The lowest BCUT2D eigenvalue weighted by Crippen LogP contribution is -2.52. The minimum absolute atomic E-state index is 0.243. The van der Waals surface area contributed by atoms with Gasteiger partial charge in [0.05, 0.1) is 0 Å². The van der Waals surface area contributed by atoms with Gasteiger partial charge >= 0.3 is 6.09 Å². The van der Waals surface area contributed by atoms with E-state index in [1.165, 1.54) is 4.90 Å². The second-order valence-electron chi connectivity index (χ2n) is 9.58. The molecule has 8 heteroatoms. The molecule has 2 N–H and O–H groups in total. The number of hydrogen-bond donors (Lipinski definition) is 2. The minimum atomic E-state index is -0.943. The molecule has 0 saturated heterocycles. The van der Waals surface area contributed by atoms with Crippen LogP contribution < -0.4 is 10.6 Å². The second-order valence-corrected chi connectivity index (χ2v) is 10.6. The Labute approximate surface area is 224 Å². The summed E-state index contributed by atoms with van der Waals surface area (Å²) in [5.74, 6) is 2.48. The van der Waals surface area contributed by atoms with Crippen molar-refractivity contribution in [3.05, 3.63) is 65.2 Å². The van der Waals surface area contributed by atoms with Gasteiger partial charge in [-0.05, 0) is 82.4 Å². The van der Waals surface area contributed by atoms with Crippen LogP contribution in [0.1, 0.15) is 56.8 Å². The Morgan fingerprint density at radius 1 is 1.11 bits per heavy atom. The van der Waals surface area contributed by atoms with Crippen LogP contribution in [0.15, 0.2) is 48.5 Å². The Bertz CT molecular complexity index is 1120. The summed E-state index contributed by atoms with van der Waals surface area (Å²) in [4.78, 5) is 41.6. The van der Waals surface area contributed by atoms with Gasteiger partial charge in [0.25, 0.3) is 5.91 Å². The summed E-state index contributed by atoms with van der Waals surface area (Å²) < 4.78 is 5.40. The maximum Gasteiger partial charge on any atom is 0.408 e. The molecule has 0 aliphatic carbocycles. The predicted octanol–water partition coefficient (Wildman–Crippen LogP) is 5.15. The lowest BCUT2D eigenvalue weighted by atomic mass is 10.0. The Kier molecular flexibility index (Phi) is 11.1. The maximum absolute atomic E-state index is 13.9. The summed E-state index contributed by atoms with van der Waals surface area (Å²) in [5, 5.41) is 5.69. The van der Waals surface area contributed by atoms with Crippen molar-refractivity contribution in [1.29, 1.82) is 0 Å². The molecule has 0 spiro atoms. The average Bonchev–Trinajstić information content (AvgIpc) is 2.85. The van der Waals surface area contributed by atoms with Crippen molar-refractivity contribution in [3.63, 3.8) is 0 Å². The van der Waals surface area contributed by atoms with Gasteiger partial charge in [-0.3, -0.25) is 9.59 Å². The van der Waals surface area contributed by atoms with Gasteiger partial charge in [0.1, 0.15) is 17.7 Å². The second kappa shape index (κ2) is 13.8. The fourth-order valence-electron chi connectivity index (χ4n) is 3.76. The quantitative estimate of drug-likeness (QED) is 0.421. The first kappa shape index (κ1) is 29.8. The Hall–Kier alpha value is -3.44. The normalized spacial score (nSPS) is 12.6. The first-order chi connectivity index (χ1) is 17.5. The number of nitrogens with one attached hydrogen (secondary N) is 2. The zero-order valence-electron chi connectivity index (χ0n) is 22.5. The smallest absolute Gasteiger partial charge is 0.408 e. The Balaban J connectivity index is 2.45. The third-order valence-corrected chi connectivity index (χ3v) is 6.22. The number of rotatable bonds is 10. The van der Waals surface area contributed by atoms with E-state index in [1.807, 2.05) is 37.4 Å². The van der Waals surface area contributed by atoms with Crippen molar-refractivity contribution < 1.29 is 19.1 Å². The molecule has 0 aliphatic rings. The molecular weight excluding hydrogens is 486 g/mol. The van der Waals surface area contributed by atoms with E-state index < -0.39 is 23.8 Å². The largest absolute Gasteiger partial charge is 0.444 e. The highest BCUT2D eigenvalue weighted by atomic mass is 32.2. The van der Waals surface area contributed by atoms with Crippen molar-refractivity contribution >= 4 is 35.4 Å².